The van der Waals surface area contributed by atoms with Gasteiger partial charge in [0.25, 0.3) is 5.91 Å². The lowest BCUT2D eigenvalue weighted by molar-refractivity contribution is -0.274. The van der Waals surface area contributed by atoms with E-state index in [1.807, 2.05) is 63.2 Å². The second-order valence-electron chi connectivity index (χ2n) is 12.2. The van der Waals surface area contributed by atoms with E-state index in [4.69, 9.17) is 4.74 Å². The number of benzene rings is 4. The molecule has 1 unspecified atom stereocenters. The first-order valence-corrected chi connectivity index (χ1v) is 17.3. The van der Waals surface area contributed by atoms with E-state index < -0.39 is 24.4 Å². The van der Waals surface area contributed by atoms with Crippen molar-refractivity contribution < 1.29 is 37.0 Å². The van der Waals surface area contributed by atoms with Crippen LogP contribution in [0.4, 0.5) is 23.7 Å². The summed E-state index contributed by atoms with van der Waals surface area (Å²) in [5.74, 6) is -0.645. The van der Waals surface area contributed by atoms with Crippen LogP contribution in [-0.4, -0.2) is 50.0 Å². The highest BCUT2D eigenvalue weighted by Crippen LogP contribution is 2.33. The number of alkyl halides is 3. The molecule has 272 valence electrons. The van der Waals surface area contributed by atoms with Gasteiger partial charge in [0.05, 0.1) is 29.6 Å². The molecule has 2 heterocycles. The summed E-state index contributed by atoms with van der Waals surface area (Å²) >= 11 is 1.17. The minimum Gasteiger partial charge on any atom is -0.445 e. The van der Waals surface area contributed by atoms with Gasteiger partial charge in [0.15, 0.2) is 11.0 Å². The number of aliphatic imine (C=N–C) groups is 1. The Labute approximate surface area is 306 Å². The summed E-state index contributed by atoms with van der Waals surface area (Å²) in [6, 6.07) is 24.3. The van der Waals surface area contributed by atoms with Crippen LogP contribution in [0.3, 0.4) is 0 Å². The summed E-state index contributed by atoms with van der Waals surface area (Å²) in [4.78, 5) is 49.7. The zero-order valence-corrected chi connectivity index (χ0v) is 29.6. The van der Waals surface area contributed by atoms with Crippen LogP contribution in [-0.2, 0) is 20.9 Å². The van der Waals surface area contributed by atoms with Crippen molar-refractivity contribution in [1.82, 2.24) is 20.1 Å². The van der Waals surface area contributed by atoms with Crippen LogP contribution in [0.1, 0.15) is 40.3 Å². The molecule has 0 spiro atoms. The molecule has 1 N–H and O–H groups in total. The minimum atomic E-state index is -4.80. The number of anilines is 1. The minimum absolute atomic E-state index is 0.0178. The number of alkyl carbamates (subject to hydrolysis) is 1. The van der Waals surface area contributed by atoms with Gasteiger partial charge in [-0.05, 0) is 67.3 Å². The number of aryl methyl sites for hydroxylation is 3. The zero-order valence-electron chi connectivity index (χ0n) is 28.8. The number of ether oxygens (including phenoxy) is 2. The van der Waals surface area contributed by atoms with Crippen LogP contribution in [0.25, 0.3) is 17.1 Å². The van der Waals surface area contributed by atoms with Gasteiger partial charge in [-0.1, -0.05) is 84.1 Å². The van der Waals surface area contributed by atoms with E-state index in [1.165, 1.54) is 51.9 Å². The molecule has 1 atom stereocenters. The normalized spacial score (nSPS) is 14.3. The number of halogens is 3. The molecule has 1 fully saturated rings. The number of aromatic nitrogens is 3. The first-order valence-electron chi connectivity index (χ1n) is 16.3. The van der Waals surface area contributed by atoms with Crippen LogP contribution in [0.5, 0.6) is 5.75 Å². The summed E-state index contributed by atoms with van der Waals surface area (Å²) < 4.78 is 48.4. The van der Waals surface area contributed by atoms with Gasteiger partial charge in [-0.2, -0.15) is 4.99 Å². The van der Waals surface area contributed by atoms with Gasteiger partial charge in [0.2, 0.25) is 5.91 Å². The SMILES string of the molecule is Cc1cc(C)c(N2C(=O)CSC2=NC(=O)CC(NC(=O)OCc2ccccc2)c2ccc(-c3ncn(-c4ccc(OC(F)(F)F)cc4)n3)cc2)c(C)c1. The average molecular weight is 743 g/mol. The van der Waals surface area contributed by atoms with Crippen LogP contribution >= 0.6 is 11.8 Å². The lowest BCUT2D eigenvalue weighted by atomic mass is 10.0. The standard InChI is InChI=1S/C38H33F3N6O5S/c1-23-17-24(2)34(25(3)18-23)47-33(49)21-53-36(47)44-32(48)19-31(43-37(50)51-20-26-7-5-4-6-8-26)27-9-11-28(12-10-27)35-42-22-46(45-35)29-13-15-30(16-14-29)52-38(39,40)41/h4-18,22,31H,19-21H2,1-3H3,(H,43,50). The molecule has 0 radical (unpaired) electrons. The van der Waals surface area contributed by atoms with Crippen molar-refractivity contribution in [3.8, 4) is 22.8 Å². The van der Waals surface area contributed by atoms with Gasteiger partial charge in [-0.3, -0.25) is 14.5 Å². The number of carbonyl (C=O) groups excluding carboxylic acids is 3. The molecule has 3 amide bonds. The molecule has 1 saturated heterocycles. The van der Waals surface area contributed by atoms with Crippen molar-refractivity contribution in [1.29, 1.82) is 0 Å². The Balaban J connectivity index is 1.21. The van der Waals surface area contributed by atoms with Crippen molar-refractivity contribution >= 4 is 40.5 Å². The van der Waals surface area contributed by atoms with Crippen LogP contribution in [0.15, 0.2) is 102 Å². The number of amidine groups is 1. The highest BCUT2D eigenvalue weighted by atomic mass is 32.2. The van der Waals surface area contributed by atoms with E-state index in [2.05, 4.69) is 25.1 Å². The molecule has 11 nitrogen and oxygen atoms in total. The third-order valence-electron chi connectivity index (χ3n) is 8.13. The number of hydrogen-bond donors (Lipinski definition) is 1. The molecule has 15 heteroatoms. The second kappa shape index (κ2) is 15.7. The maximum Gasteiger partial charge on any atom is 0.573 e. The average Bonchev–Trinajstić information content (AvgIpc) is 3.74. The molecule has 4 aromatic carbocycles. The molecule has 0 bridgehead atoms. The maximum atomic E-state index is 13.5. The van der Waals surface area contributed by atoms with Gasteiger partial charge in [0.1, 0.15) is 18.7 Å². The van der Waals surface area contributed by atoms with Crippen LogP contribution in [0.2, 0.25) is 0 Å². The summed E-state index contributed by atoms with van der Waals surface area (Å²) in [7, 11) is 0. The molecule has 1 aromatic heterocycles. The fourth-order valence-electron chi connectivity index (χ4n) is 5.86. The van der Waals surface area contributed by atoms with E-state index in [1.54, 1.807) is 24.3 Å². The Morgan fingerprint density at radius 1 is 0.962 bits per heavy atom. The van der Waals surface area contributed by atoms with Gasteiger partial charge >= 0.3 is 12.5 Å². The molecular weight excluding hydrogens is 710 g/mol. The Bertz CT molecular complexity index is 2130. The highest BCUT2D eigenvalue weighted by molar-refractivity contribution is 8.15. The fourth-order valence-corrected chi connectivity index (χ4v) is 6.73. The topological polar surface area (TPSA) is 128 Å². The predicted molar refractivity (Wildman–Crippen MR) is 194 cm³/mol. The van der Waals surface area contributed by atoms with E-state index in [-0.39, 0.29) is 35.6 Å². The van der Waals surface area contributed by atoms with Gasteiger partial charge in [-0.25, -0.2) is 14.5 Å². The molecule has 6 rings (SSSR count). The molecule has 0 saturated carbocycles. The van der Waals surface area contributed by atoms with Crippen LogP contribution in [0, 0.1) is 20.8 Å². The van der Waals surface area contributed by atoms with Crippen molar-refractivity contribution in [2.75, 3.05) is 10.7 Å². The highest BCUT2D eigenvalue weighted by Gasteiger charge is 2.33. The summed E-state index contributed by atoms with van der Waals surface area (Å²) in [5, 5.41) is 7.49. The number of nitrogens with one attached hydrogen (secondary N) is 1. The third-order valence-corrected chi connectivity index (χ3v) is 9.05. The Hall–Kier alpha value is -5.96. The molecule has 5 aromatic rings. The third kappa shape index (κ3) is 9.29. The number of amides is 3. The van der Waals surface area contributed by atoms with Gasteiger partial charge in [0, 0.05) is 5.56 Å². The molecule has 1 aliphatic heterocycles. The lowest BCUT2D eigenvalue weighted by Gasteiger charge is -2.22. The first kappa shape index (κ1) is 36.8. The molecular formula is C38H33F3N6O5S. The molecule has 0 aliphatic carbocycles. The quantitative estimate of drug-likeness (QED) is 0.154. The Morgan fingerprint density at radius 3 is 2.30 bits per heavy atom. The summed E-state index contributed by atoms with van der Waals surface area (Å²) in [6.45, 7) is 5.80. The van der Waals surface area contributed by atoms with Crippen molar-refractivity contribution in [3.63, 3.8) is 0 Å². The molecule has 1 aliphatic rings. The fraction of sp³-hybridized carbons (Fsp3) is 0.211. The zero-order chi connectivity index (χ0) is 37.7. The van der Waals surface area contributed by atoms with Crippen LogP contribution < -0.4 is 15.0 Å². The smallest absolute Gasteiger partial charge is 0.445 e. The summed E-state index contributed by atoms with van der Waals surface area (Å²) in [5.41, 5.74) is 5.91. The Kier molecular flexibility index (Phi) is 10.9. The summed E-state index contributed by atoms with van der Waals surface area (Å²) in [6.07, 6.45) is -4.36. The van der Waals surface area contributed by atoms with Gasteiger partial charge in [-0.15, -0.1) is 18.3 Å². The lowest BCUT2D eigenvalue weighted by Crippen LogP contribution is -2.32. The second-order valence-corrected chi connectivity index (χ2v) is 13.1. The maximum absolute atomic E-state index is 13.5. The van der Waals surface area contributed by atoms with E-state index >= 15 is 0 Å². The number of nitrogens with zero attached hydrogens (tertiary/aromatic N) is 5. The van der Waals surface area contributed by atoms with E-state index in [0.29, 0.717) is 28.3 Å². The van der Waals surface area contributed by atoms with Crippen molar-refractivity contribution in [3.05, 3.63) is 125 Å². The van der Waals surface area contributed by atoms with Crippen molar-refractivity contribution in [2.45, 2.75) is 46.2 Å². The predicted octanol–water partition coefficient (Wildman–Crippen LogP) is 7.78. The van der Waals surface area contributed by atoms with Crippen molar-refractivity contribution in [2.24, 2.45) is 4.99 Å². The number of hydrogen-bond acceptors (Lipinski definition) is 8. The monoisotopic (exact) mass is 742 g/mol. The van der Waals surface area contributed by atoms with Gasteiger partial charge < -0.3 is 14.8 Å². The van der Waals surface area contributed by atoms with E-state index in [9.17, 15) is 27.6 Å². The Morgan fingerprint density at radius 2 is 1.64 bits per heavy atom. The number of thioether (sulfide) groups is 1. The first-order chi connectivity index (χ1) is 25.3. The number of rotatable bonds is 10. The largest absolute Gasteiger partial charge is 0.573 e. The molecule has 53 heavy (non-hydrogen) atoms. The van der Waals surface area contributed by atoms with E-state index in [0.717, 1.165) is 22.3 Å². The number of carbonyl (C=O) groups is 3.